The van der Waals surface area contributed by atoms with Crippen LogP contribution in [0.2, 0.25) is 10.3 Å². The second-order valence-electron chi connectivity index (χ2n) is 8.87. The topological polar surface area (TPSA) is 167 Å². The highest BCUT2D eigenvalue weighted by Gasteiger charge is 2.33. The highest BCUT2D eigenvalue weighted by atomic mass is 35.5. The van der Waals surface area contributed by atoms with E-state index in [1.54, 1.807) is 24.5 Å². The van der Waals surface area contributed by atoms with Gasteiger partial charge in [0.25, 0.3) is 11.9 Å². The van der Waals surface area contributed by atoms with Crippen LogP contribution < -0.4 is 10.6 Å². The third kappa shape index (κ3) is 7.38. The van der Waals surface area contributed by atoms with Crippen LogP contribution in [0.25, 0.3) is 0 Å². The summed E-state index contributed by atoms with van der Waals surface area (Å²) in [7, 11) is 0. The number of rotatable bonds is 11. The predicted octanol–water partition coefficient (Wildman–Crippen LogP) is 1.99. The Kier molecular flexibility index (Phi) is 9.07. The van der Waals surface area contributed by atoms with Crippen LogP contribution in [-0.4, -0.2) is 80.0 Å². The minimum absolute atomic E-state index is 0.0538. The fraction of sp³-hybridized carbons (Fsp3) is 0.455. The molecule has 0 saturated carbocycles. The van der Waals surface area contributed by atoms with Crippen molar-refractivity contribution >= 4 is 35.1 Å². The zero-order valence-corrected chi connectivity index (χ0v) is 21.8. The summed E-state index contributed by atoms with van der Waals surface area (Å²) < 4.78 is 0. The minimum atomic E-state index is -0.714. The van der Waals surface area contributed by atoms with E-state index in [-0.39, 0.29) is 24.0 Å². The maximum Gasteiger partial charge on any atom is 0.271 e. The fourth-order valence-corrected chi connectivity index (χ4v) is 4.86. The molecule has 0 bridgehead atoms. The molecule has 2 aliphatic heterocycles. The van der Waals surface area contributed by atoms with Crippen molar-refractivity contribution < 1.29 is 10.1 Å². The van der Waals surface area contributed by atoms with Crippen molar-refractivity contribution in [3.05, 3.63) is 78.3 Å². The Hall–Kier alpha value is -3.78. The lowest BCUT2D eigenvalue weighted by Crippen LogP contribution is -2.39. The van der Waals surface area contributed by atoms with Gasteiger partial charge < -0.3 is 20.4 Å². The summed E-state index contributed by atoms with van der Waals surface area (Å²) in [6.45, 7) is 2.03. The summed E-state index contributed by atoms with van der Waals surface area (Å²) in [6, 6.07) is 7.07. The summed E-state index contributed by atoms with van der Waals surface area (Å²) in [6.07, 6.45) is 5.95. The van der Waals surface area contributed by atoms with Gasteiger partial charge in [-0.2, -0.15) is 0 Å². The van der Waals surface area contributed by atoms with E-state index in [0.717, 1.165) is 11.1 Å². The van der Waals surface area contributed by atoms with Crippen molar-refractivity contribution in [1.29, 1.82) is 0 Å². The van der Waals surface area contributed by atoms with E-state index in [1.807, 2.05) is 21.9 Å². The SMILES string of the molecule is O=[N+]([O-])N=C1NCC(Cc2ccc(Cl)nc2)N1CCCCN1C(=N[N+](=O)[O-])NCC1Cc1ccc(Cl)nc1. The Morgan fingerprint density at radius 2 is 1.24 bits per heavy atom. The number of nitrogens with zero attached hydrogens (tertiary/aromatic N) is 8. The molecule has 2 unspecified atom stereocenters. The summed E-state index contributed by atoms with van der Waals surface area (Å²) in [5.74, 6) is 0.432. The highest BCUT2D eigenvalue weighted by Crippen LogP contribution is 2.18. The number of hydrogen-bond acceptors (Lipinski definition) is 6. The first-order chi connectivity index (χ1) is 18.3. The van der Waals surface area contributed by atoms with Gasteiger partial charge in [-0.25, -0.2) is 30.2 Å². The van der Waals surface area contributed by atoms with Crippen LogP contribution in [0.4, 0.5) is 0 Å². The molecule has 4 rings (SSSR count). The van der Waals surface area contributed by atoms with Gasteiger partial charge in [0.2, 0.25) is 0 Å². The maximum atomic E-state index is 11.1. The van der Waals surface area contributed by atoms with E-state index in [9.17, 15) is 20.2 Å². The normalized spacial score (nSPS) is 21.1. The van der Waals surface area contributed by atoms with E-state index in [0.29, 0.717) is 62.2 Å². The molecule has 0 aliphatic carbocycles. The number of unbranched alkanes of at least 4 members (excludes halogenated alkanes) is 1. The lowest BCUT2D eigenvalue weighted by Gasteiger charge is -2.26. The van der Waals surface area contributed by atoms with Crippen molar-refractivity contribution in [1.82, 2.24) is 30.4 Å². The van der Waals surface area contributed by atoms with Crippen molar-refractivity contribution in [3.8, 4) is 0 Å². The van der Waals surface area contributed by atoms with Crippen LogP contribution in [0, 0.1) is 20.2 Å². The van der Waals surface area contributed by atoms with Crippen molar-refractivity contribution in [3.63, 3.8) is 0 Å². The second-order valence-corrected chi connectivity index (χ2v) is 9.65. The number of nitrogens with one attached hydrogen (secondary N) is 2. The maximum absolute atomic E-state index is 11.1. The average molecular weight is 565 g/mol. The van der Waals surface area contributed by atoms with Crippen LogP contribution >= 0.6 is 23.2 Å². The van der Waals surface area contributed by atoms with Crippen LogP contribution in [0.15, 0.2) is 46.9 Å². The fourth-order valence-electron chi connectivity index (χ4n) is 4.63. The van der Waals surface area contributed by atoms with Gasteiger partial charge in [-0.15, -0.1) is 0 Å². The van der Waals surface area contributed by atoms with E-state index in [1.165, 1.54) is 0 Å². The summed E-state index contributed by atoms with van der Waals surface area (Å²) in [5, 5.41) is 34.6. The second kappa shape index (κ2) is 12.6. The molecule has 2 N–H and O–H groups in total. The van der Waals surface area contributed by atoms with E-state index >= 15 is 0 Å². The van der Waals surface area contributed by atoms with Crippen molar-refractivity contribution in [2.24, 2.45) is 10.2 Å². The zero-order chi connectivity index (χ0) is 27.1. The lowest BCUT2D eigenvalue weighted by atomic mass is 10.1. The van der Waals surface area contributed by atoms with Gasteiger partial charge in [0.15, 0.2) is 10.1 Å². The van der Waals surface area contributed by atoms with Gasteiger partial charge in [0, 0.05) is 38.6 Å². The molecule has 2 aromatic rings. The zero-order valence-electron chi connectivity index (χ0n) is 20.2. The van der Waals surface area contributed by atoms with Gasteiger partial charge in [-0.05, 0) is 48.9 Å². The molecule has 0 radical (unpaired) electrons. The molecule has 38 heavy (non-hydrogen) atoms. The molecule has 2 aliphatic rings. The van der Waals surface area contributed by atoms with E-state index in [2.05, 4.69) is 30.8 Å². The van der Waals surface area contributed by atoms with Crippen LogP contribution in [0.5, 0.6) is 0 Å². The van der Waals surface area contributed by atoms with Gasteiger partial charge in [0.05, 0.1) is 12.1 Å². The number of aromatic nitrogens is 2. The third-order valence-corrected chi connectivity index (χ3v) is 6.79. The molecule has 0 aromatic carbocycles. The van der Waals surface area contributed by atoms with Crippen LogP contribution in [0.3, 0.4) is 0 Å². The first-order valence-corrected chi connectivity index (χ1v) is 12.7. The number of halogens is 2. The Balaban J connectivity index is 1.39. The number of pyridine rings is 2. The number of hydrazone groups is 2. The molecular weight excluding hydrogens is 539 g/mol. The molecule has 0 spiro atoms. The van der Waals surface area contributed by atoms with Crippen molar-refractivity contribution in [2.45, 2.75) is 37.8 Å². The Labute approximate surface area is 228 Å². The summed E-state index contributed by atoms with van der Waals surface area (Å²) >= 11 is 11.8. The first kappa shape index (κ1) is 27.3. The van der Waals surface area contributed by atoms with E-state index in [4.69, 9.17) is 23.2 Å². The molecule has 2 saturated heterocycles. The quantitative estimate of drug-likeness (QED) is 0.178. The molecule has 2 atom stereocenters. The van der Waals surface area contributed by atoms with Gasteiger partial charge in [-0.3, -0.25) is 0 Å². The Bertz CT molecular complexity index is 1100. The van der Waals surface area contributed by atoms with Crippen molar-refractivity contribution in [2.75, 3.05) is 26.2 Å². The molecule has 2 fully saturated rings. The molecule has 202 valence electrons. The Morgan fingerprint density at radius 3 is 1.58 bits per heavy atom. The molecule has 2 aromatic heterocycles. The van der Waals surface area contributed by atoms with E-state index < -0.39 is 10.1 Å². The monoisotopic (exact) mass is 564 g/mol. The minimum Gasteiger partial charge on any atom is -0.349 e. The molecular formula is C22H26Cl2N10O4. The highest BCUT2D eigenvalue weighted by molar-refractivity contribution is 6.29. The molecule has 4 heterocycles. The number of hydrogen-bond donors (Lipinski definition) is 2. The molecule has 16 heteroatoms. The predicted molar refractivity (Wildman–Crippen MR) is 141 cm³/mol. The van der Waals surface area contributed by atoms with Gasteiger partial charge >= 0.3 is 0 Å². The van der Waals surface area contributed by atoms with Crippen LogP contribution in [0.1, 0.15) is 24.0 Å². The summed E-state index contributed by atoms with van der Waals surface area (Å²) in [4.78, 5) is 34.1. The molecule has 0 amide bonds. The summed E-state index contributed by atoms with van der Waals surface area (Å²) in [5.41, 5.74) is 1.91. The number of nitro groups is 2. The lowest BCUT2D eigenvalue weighted by molar-refractivity contribution is -0.485. The third-order valence-electron chi connectivity index (χ3n) is 6.34. The first-order valence-electron chi connectivity index (χ1n) is 12.0. The van der Waals surface area contributed by atoms with Gasteiger partial charge in [0.1, 0.15) is 20.5 Å². The Morgan fingerprint density at radius 1 is 0.816 bits per heavy atom. The smallest absolute Gasteiger partial charge is 0.271 e. The van der Waals surface area contributed by atoms with Crippen LogP contribution in [-0.2, 0) is 12.8 Å². The van der Waals surface area contributed by atoms with Gasteiger partial charge in [-0.1, -0.05) is 35.3 Å². The molecule has 14 nitrogen and oxygen atoms in total. The average Bonchev–Trinajstić information content (AvgIpc) is 3.42. The number of guanidine groups is 2. The largest absolute Gasteiger partial charge is 0.349 e. The standard InChI is InChI=1S/C22H26Cl2N10O4/c23-19-5-3-15(11-25-19)9-17-13-27-21(29-33(35)36)31(17)7-1-2-8-32-18(14-28-22(32)30-34(37)38)10-16-4-6-20(24)26-12-16/h3-6,11-12,17-18H,1-2,7-10,13-14H2,(H,27,29)(H,28,30).